The van der Waals surface area contributed by atoms with E-state index in [9.17, 15) is 19.8 Å². The van der Waals surface area contributed by atoms with E-state index in [4.69, 9.17) is 14.2 Å². The van der Waals surface area contributed by atoms with Crippen LogP contribution < -0.4 is 0 Å². The van der Waals surface area contributed by atoms with E-state index in [0.717, 1.165) is 16.3 Å². The third-order valence-electron chi connectivity index (χ3n) is 7.47. The van der Waals surface area contributed by atoms with Crippen LogP contribution in [0, 0.1) is 18.3 Å². The molecule has 0 aromatic carbocycles. The number of epoxide rings is 1. The summed E-state index contributed by atoms with van der Waals surface area (Å²) in [5, 5.41) is 24.4. The van der Waals surface area contributed by atoms with Crippen LogP contribution in [0.3, 0.4) is 0 Å². The predicted molar refractivity (Wildman–Crippen MR) is 133 cm³/mol. The third kappa shape index (κ3) is 6.57. The average Bonchev–Trinajstić information content (AvgIpc) is 3.22. The van der Waals surface area contributed by atoms with Gasteiger partial charge in [0.25, 0.3) is 0 Å². The van der Waals surface area contributed by atoms with Crippen molar-refractivity contribution in [2.24, 2.45) is 11.3 Å². The second kappa shape index (κ2) is 10.8. The zero-order valence-electron chi connectivity index (χ0n) is 21.7. The second-order valence-electron chi connectivity index (χ2n) is 10.7. The lowest BCUT2D eigenvalue weighted by Gasteiger charge is -2.34. The number of carbonyl (C=O) groups excluding carboxylic acids is 2. The first-order valence-electron chi connectivity index (χ1n) is 12.2. The van der Waals surface area contributed by atoms with Gasteiger partial charge in [0, 0.05) is 30.7 Å². The highest BCUT2D eigenvalue weighted by atomic mass is 32.1. The van der Waals surface area contributed by atoms with E-state index in [1.807, 2.05) is 32.2 Å². The van der Waals surface area contributed by atoms with Crippen LogP contribution in [-0.4, -0.2) is 69.7 Å². The number of Topliss-reactive ketones (excluding diaryl/α,β-unsaturated/α-hetero) is 1. The van der Waals surface area contributed by atoms with E-state index in [0.29, 0.717) is 19.4 Å². The average molecular weight is 510 g/mol. The molecule has 1 aromatic heterocycles. The molecule has 0 unspecified atom stereocenters. The zero-order chi connectivity index (χ0) is 26.1. The minimum Gasteiger partial charge on any atom is -0.458 e. The highest BCUT2D eigenvalue weighted by molar-refractivity contribution is 7.09. The molecule has 0 spiro atoms. The van der Waals surface area contributed by atoms with Gasteiger partial charge in [0.05, 0.1) is 52.6 Å². The Morgan fingerprint density at radius 3 is 2.54 bits per heavy atom. The Labute approximate surface area is 211 Å². The van der Waals surface area contributed by atoms with Crippen LogP contribution in [0.25, 0.3) is 6.08 Å². The Hall–Kier alpha value is -1.65. The van der Waals surface area contributed by atoms with Crippen molar-refractivity contribution in [2.45, 2.75) is 104 Å². The van der Waals surface area contributed by atoms with Gasteiger partial charge in [-0.05, 0) is 39.3 Å². The first-order valence-corrected chi connectivity index (χ1v) is 13.1. The summed E-state index contributed by atoms with van der Waals surface area (Å²) in [6.45, 7) is 12.7. The third-order valence-corrected chi connectivity index (χ3v) is 8.26. The van der Waals surface area contributed by atoms with Gasteiger partial charge >= 0.3 is 5.97 Å². The molecular formula is C26H39NO7S. The minimum atomic E-state index is -1.27. The number of aliphatic hydroxyl groups excluding tert-OH is 2. The molecule has 1 aromatic rings. The second-order valence-corrected chi connectivity index (χ2v) is 11.8. The molecule has 2 aliphatic rings. The normalized spacial score (nSPS) is 37.5. The number of thiazole rings is 1. The monoisotopic (exact) mass is 509 g/mol. The maximum absolute atomic E-state index is 13.2. The molecule has 8 nitrogen and oxygen atoms in total. The summed E-state index contributed by atoms with van der Waals surface area (Å²) in [4.78, 5) is 30.5. The number of aliphatic hydroxyl groups is 2. The van der Waals surface area contributed by atoms with Crippen molar-refractivity contribution in [3.8, 4) is 0 Å². The van der Waals surface area contributed by atoms with E-state index < -0.39 is 47.3 Å². The standard InChI is InChI=1S/C26H39NO7S/c1-14(10-18-13-35-17(4)27-18)19-11-21-26(7,34-21)8-9-32-16(3)23(30)15(2)24(31)25(5,6)20(28)12-22(29)33-19/h10,13,15-16,19-21,23,28,30H,8-9,11-12H2,1-7H3/t15-,16+,19+,20+,21+,23+,26-/m1/s1. The quantitative estimate of drug-likeness (QED) is 0.460. The van der Waals surface area contributed by atoms with Gasteiger partial charge < -0.3 is 24.4 Å². The van der Waals surface area contributed by atoms with Gasteiger partial charge in [-0.15, -0.1) is 11.3 Å². The minimum absolute atomic E-state index is 0.126. The first-order chi connectivity index (χ1) is 16.2. The molecule has 35 heavy (non-hydrogen) atoms. The predicted octanol–water partition coefficient (Wildman–Crippen LogP) is 3.47. The number of nitrogens with zero attached hydrogens (tertiary/aromatic N) is 1. The summed E-state index contributed by atoms with van der Waals surface area (Å²) in [5.41, 5.74) is -0.0527. The molecule has 0 saturated carbocycles. The molecule has 0 bridgehead atoms. The SMILES string of the molecule is CC(=Cc1csc(C)n1)[C@@H]1C[C@@H]2O[C@]2(C)CCO[C@@H](C)[C@@H](O)[C@@H](C)C(=O)C(C)(C)[C@@H](O)CC(=O)O1. The molecule has 196 valence electrons. The molecule has 2 saturated heterocycles. The van der Waals surface area contributed by atoms with Gasteiger partial charge in [-0.1, -0.05) is 20.8 Å². The maximum Gasteiger partial charge on any atom is 0.309 e. The molecule has 2 N–H and O–H groups in total. The number of hydrogen-bond acceptors (Lipinski definition) is 9. The Kier molecular flexibility index (Phi) is 8.59. The van der Waals surface area contributed by atoms with E-state index in [1.165, 1.54) is 0 Å². The molecule has 9 heteroatoms. The van der Waals surface area contributed by atoms with Crippen molar-refractivity contribution >= 4 is 29.2 Å². The van der Waals surface area contributed by atoms with Gasteiger partial charge in [-0.25, -0.2) is 4.98 Å². The molecule has 0 aliphatic carbocycles. The van der Waals surface area contributed by atoms with E-state index in [1.54, 1.807) is 39.0 Å². The number of ether oxygens (including phenoxy) is 3. The fourth-order valence-electron chi connectivity index (χ4n) is 4.58. The Bertz CT molecular complexity index is 957. The Morgan fingerprint density at radius 1 is 1.23 bits per heavy atom. The van der Waals surface area contributed by atoms with Crippen LogP contribution in [0.1, 0.15) is 71.5 Å². The summed E-state index contributed by atoms with van der Waals surface area (Å²) in [5.74, 6) is -1.71. The molecule has 3 heterocycles. The maximum atomic E-state index is 13.2. The van der Waals surface area contributed by atoms with Crippen molar-refractivity contribution < 1.29 is 34.0 Å². The highest BCUT2D eigenvalue weighted by Crippen LogP contribution is 2.43. The molecule has 3 rings (SSSR count). The van der Waals surface area contributed by atoms with Crippen LogP contribution in [-0.2, 0) is 23.8 Å². The number of carbonyl (C=O) groups is 2. The fourth-order valence-corrected chi connectivity index (χ4v) is 5.15. The van der Waals surface area contributed by atoms with Gasteiger partial charge in [0.1, 0.15) is 11.9 Å². The highest BCUT2D eigenvalue weighted by Gasteiger charge is 2.53. The number of hydrogen-bond donors (Lipinski definition) is 2. The van der Waals surface area contributed by atoms with Crippen LogP contribution in [0.5, 0.6) is 0 Å². The van der Waals surface area contributed by atoms with Crippen LogP contribution in [0.2, 0.25) is 0 Å². The lowest BCUT2D eigenvalue weighted by atomic mass is 9.74. The van der Waals surface area contributed by atoms with Gasteiger partial charge in [-0.3, -0.25) is 9.59 Å². The van der Waals surface area contributed by atoms with E-state index in [-0.39, 0.29) is 18.3 Å². The number of aromatic nitrogens is 1. The van der Waals surface area contributed by atoms with Gasteiger partial charge in [-0.2, -0.15) is 0 Å². The van der Waals surface area contributed by atoms with Crippen LogP contribution in [0.4, 0.5) is 0 Å². The molecule has 7 atom stereocenters. The summed E-state index contributed by atoms with van der Waals surface area (Å²) in [6, 6.07) is 0. The lowest BCUT2D eigenvalue weighted by molar-refractivity contribution is -0.155. The zero-order valence-corrected chi connectivity index (χ0v) is 22.6. The molecule has 0 amide bonds. The smallest absolute Gasteiger partial charge is 0.309 e. The van der Waals surface area contributed by atoms with Crippen LogP contribution in [0.15, 0.2) is 11.0 Å². The molecule has 0 radical (unpaired) electrons. The van der Waals surface area contributed by atoms with Gasteiger partial charge in [0.15, 0.2) is 0 Å². The van der Waals surface area contributed by atoms with E-state index >= 15 is 0 Å². The van der Waals surface area contributed by atoms with Gasteiger partial charge in [0.2, 0.25) is 0 Å². The number of ketones is 1. The number of fused-ring (bicyclic) bond motifs is 1. The Morgan fingerprint density at radius 2 is 1.91 bits per heavy atom. The number of aryl methyl sites for hydroxylation is 1. The van der Waals surface area contributed by atoms with Crippen molar-refractivity contribution in [3.63, 3.8) is 0 Å². The first kappa shape index (κ1) is 27.9. The van der Waals surface area contributed by atoms with Crippen molar-refractivity contribution in [1.82, 2.24) is 4.98 Å². The fraction of sp³-hybridized carbons (Fsp3) is 0.731. The Balaban J connectivity index is 1.85. The molecule has 2 fully saturated rings. The summed E-state index contributed by atoms with van der Waals surface area (Å²) < 4.78 is 17.7. The topological polar surface area (TPSA) is 118 Å². The summed E-state index contributed by atoms with van der Waals surface area (Å²) in [6.07, 6.45) is -0.931. The number of rotatable bonds is 2. The summed E-state index contributed by atoms with van der Waals surface area (Å²) >= 11 is 1.54. The molecule has 2 aliphatic heterocycles. The molecular weight excluding hydrogens is 470 g/mol. The van der Waals surface area contributed by atoms with Crippen molar-refractivity contribution in [3.05, 3.63) is 21.7 Å². The number of cyclic esters (lactones) is 1. The summed E-state index contributed by atoms with van der Waals surface area (Å²) in [7, 11) is 0. The van der Waals surface area contributed by atoms with Crippen molar-refractivity contribution in [1.29, 1.82) is 0 Å². The lowest BCUT2D eigenvalue weighted by Crippen LogP contribution is -2.47. The van der Waals surface area contributed by atoms with Crippen molar-refractivity contribution in [2.75, 3.05) is 6.61 Å². The van der Waals surface area contributed by atoms with E-state index in [2.05, 4.69) is 4.98 Å². The van der Waals surface area contributed by atoms with Crippen LogP contribution >= 0.6 is 11.3 Å². The largest absolute Gasteiger partial charge is 0.458 e. The number of esters is 1.